The highest BCUT2D eigenvalue weighted by Crippen LogP contribution is 2.27. The third kappa shape index (κ3) is 4.13. The molecule has 0 aliphatic heterocycles. The molecule has 0 saturated carbocycles. The predicted octanol–water partition coefficient (Wildman–Crippen LogP) is 6.02. The zero-order valence-corrected chi connectivity index (χ0v) is 17.8. The molecule has 0 saturated heterocycles. The van der Waals surface area contributed by atoms with E-state index in [-0.39, 0.29) is 5.97 Å². The molecule has 152 valence electrons. The second-order valence-electron chi connectivity index (χ2n) is 8.48. The summed E-state index contributed by atoms with van der Waals surface area (Å²) in [6.45, 7) is 8.42. The van der Waals surface area contributed by atoms with Crippen molar-refractivity contribution in [3.8, 4) is 11.1 Å². The SMILES string of the molecule is Cc1nc2ccccc2n1Cc1ccc(-c2ccccc2C(=O)OC(C)(C)C)cc1. The van der Waals surface area contributed by atoms with Gasteiger partial charge in [0.15, 0.2) is 0 Å². The number of benzene rings is 3. The van der Waals surface area contributed by atoms with Crippen molar-refractivity contribution >= 4 is 17.0 Å². The Bertz CT molecular complexity index is 1200. The minimum atomic E-state index is -0.528. The normalized spacial score (nSPS) is 11.6. The molecule has 4 aromatic rings. The second-order valence-corrected chi connectivity index (χ2v) is 8.48. The van der Waals surface area contributed by atoms with Gasteiger partial charge in [0.2, 0.25) is 0 Å². The van der Waals surface area contributed by atoms with Crippen molar-refractivity contribution < 1.29 is 9.53 Å². The Morgan fingerprint density at radius 2 is 1.60 bits per heavy atom. The van der Waals surface area contributed by atoms with Gasteiger partial charge in [0.1, 0.15) is 11.4 Å². The van der Waals surface area contributed by atoms with Crippen LogP contribution in [0.2, 0.25) is 0 Å². The lowest BCUT2D eigenvalue weighted by molar-refractivity contribution is 0.00704. The van der Waals surface area contributed by atoms with E-state index in [2.05, 4.69) is 39.9 Å². The van der Waals surface area contributed by atoms with Crippen LogP contribution in [0.3, 0.4) is 0 Å². The van der Waals surface area contributed by atoms with E-state index in [0.29, 0.717) is 5.56 Å². The third-order valence-corrected chi connectivity index (χ3v) is 5.00. The fraction of sp³-hybridized carbons (Fsp3) is 0.231. The molecule has 0 aliphatic carbocycles. The molecule has 4 heteroatoms. The van der Waals surface area contributed by atoms with Crippen LogP contribution in [-0.2, 0) is 11.3 Å². The fourth-order valence-corrected chi connectivity index (χ4v) is 3.61. The Morgan fingerprint density at radius 1 is 0.933 bits per heavy atom. The van der Waals surface area contributed by atoms with Crippen LogP contribution < -0.4 is 0 Å². The van der Waals surface area contributed by atoms with E-state index in [1.54, 1.807) is 0 Å². The molecule has 3 aromatic carbocycles. The summed E-state index contributed by atoms with van der Waals surface area (Å²) in [5, 5.41) is 0. The van der Waals surface area contributed by atoms with Gasteiger partial charge in [-0.05, 0) is 62.6 Å². The molecule has 0 atom stereocenters. The molecule has 0 aliphatic rings. The molecule has 0 fully saturated rings. The number of aryl methyl sites for hydroxylation is 1. The van der Waals surface area contributed by atoms with Crippen molar-refractivity contribution in [2.45, 2.75) is 39.8 Å². The first-order valence-corrected chi connectivity index (χ1v) is 10.2. The van der Waals surface area contributed by atoms with Gasteiger partial charge in [-0.1, -0.05) is 54.6 Å². The summed E-state index contributed by atoms with van der Waals surface area (Å²) >= 11 is 0. The highest BCUT2D eigenvalue weighted by molar-refractivity contribution is 5.97. The maximum atomic E-state index is 12.7. The first-order valence-electron chi connectivity index (χ1n) is 10.2. The minimum absolute atomic E-state index is 0.303. The van der Waals surface area contributed by atoms with E-state index in [4.69, 9.17) is 4.74 Å². The fourth-order valence-electron chi connectivity index (χ4n) is 3.61. The van der Waals surface area contributed by atoms with Crippen molar-refractivity contribution in [2.24, 2.45) is 0 Å². The molecule has 4 rings (SSSR count). The van der Waals surface area contributed by atoms with Gasteiger partial charge in [0.25, 0.3) is 0 Å². The quantitative estimate of drug-likeness (QED) is 0.395. The predicted molar refractivity (Wildman–Crippen MR) is 121 cm³/mol. The first kappa shape index (κ1) is 19.9. The average Bonchev–Trinajstić information content (AvgIpc) is 3.02. The number of aromatic nitrogens is 2. The Kier molecular flexibility index (Phi) is 5.17. The molecule has 30 heavy (non-hydrogen) atoms. The van der Waals surface area contributed by atoms with Gasteiger partial charge in [-0.3, -0.25) is 0 Å². The van der Waals surface area contributed by atoms with Crippen molar-refractivity contribution in [2.75, 3.05) is 0 Å². The molecule has 0 bridgehead atoms. The van der Waals surface area contributed by atoms with E-state index >= 15 is 0 Å². The number of hydrogen-bond acceptors (Lipinski definition) is 3. The number of ether oxygens (including phenoxy) is 1. The summed E-state index contributed by atoms with van der Waals surface area (Å²) in [6.07, 6.45) is 0. The van der Waals surface area contributed by atoms with E-state index in [0.717, 1.165) is 34.5 Å². The molecule has 0 amide bonds. The van der Waals surface area contributed by atoms with E-state index < -0.39 is 5.60 Å². The number of esters is 1. The Morgan fingerprint density at radius 3 is 2.33 bits per heavy atom. The molecular formula is C26H26N2O2. The Balaban J connectivity index is 1.62. The average molecular weight is 399 g/mol. The summed E-state index contributed by atoms with van der Waals surface area (Å²) in [5.74, 6) is 0.693. The lowest BCUT2D eigenvalue weighted by Gasteiger charge is -2.20. The highest BCUT2D eigenvalue weighted by Gasteiger charge is 2.20. The van der Waals surface area contributed by atoms with Crippen molar-refractivity contribution in [1.29, 1.82) is 0 Å². The van der Waals surface area contributed by atoms with Crippen molar-refractivity contribution in [3.05, 3.63) is 89.7 Å². The number of para-hydroxylation sites is 2. The van der Waals surface area contributed by atoms with Crippen LogP contribution in [-0.4, -0.2) is 21.1 Å². The van der Waals surface area contributed by atoms with E-state index in [1.807, 2.05) is 70.2 Å². The first-order chi connectivity index (χ1) is 14.3. The largest absolute Gasteiger partial charge is 0.456 e. The van der Waals surface area contributed by atoms with Gasteiger partial charge >= 0.3 is 5.97 Å². The zero-order chi connectivity index (χ0) is 21.3. The van der Waals surface area contributed by atoms with Gasteiger partial charge in [0, 0.05) is 6.54 Å². The lowest BCUT2D eigenvalue weighted by Crippen LogP contribution is -2.24. The highest BCUT2D eigenvalue weighted by atomic mass is 16.6. The zero-order valence-electron chi connectivity index (χ0n) is 17.8. The number of hydrogen-bond donors (Lipinski definition) is 0. The summed E-state index contributed by atoms with van der Waals surface area (Å²) < 4.78 is 7.81. The minimum Gasteiger partial charge on any atom is -0.456 e. The molecule has 4 nitrogen and oxygen atoms in total. The van der Waals surface area contributed by atoms with Crippen LogP contribution in [0.25, 0.3) is 22.2 Å². The molecule has 0 radical (unpaired) electrons. The van der Waals surface area contributed by atoms with Gasteiger partial charge in [-0.2, -0.15) is 0 Å². The molecule has 0 spiro atoms. The summed E-state index contributed by atoms with van der Waals surface area (Å²) in [7, 11) is 0. The molecular weight excluding hydrogens is 372 g/mol. The lowest BCUT2D eigenvalue weighted by atomic mass is 9.98. The Hall–Kier alpha value is -3.40. The van der Waals surface area contributed by atoms with Crippen LogP contribution in [0.1, 0.15) is 42.5 Å². The van der Waals surface area contributed by atoms with Gasteiger partial charge in [-0.15, -0.1) is 0 Å². The van der Waals surface area contributed by atoms with Gasteiger partial charge in [-0.25, -0.2) is 9.78 Å². The van der Waals surface area contributed by atoms with Crippen LogP contribution in [0.15, 0.2) is 72.8 Å². The Labute approximate surface area is 177 Å². The number of rotatable bonds is 4. The van der Waals surface area contributed by atoms with E-state index in [1.165, 1.54) is 5.56 Å². The standard InChI is InChI=1S/C26H26N2O2/c1-18-27-23-11-7-8-12-24(23)28(18)17-19-13-15-20(16-14-19)21-9-5-6-10-22(21)25(29)30-26(2,3)4/h5-16H,17H2,1-4H3. The maximum Gasteiger partial charge on any atom is 0.339 e. The summed E-state index contributed by atoms with van der Waals surface area (Å²) in [4.78, 5) is 17.3. The van der Waals surface area contributed by atoms with Crippen LogP contribution in [0.4, 0.5) is 0 Å². The molecule has 0 unspecified atom stereocenters. The number of fused-ring (bicyclic) bond motifs is 1. The molecule has 1 heterocycles. The number of carbonyl (C=O) groups is 1. The van der Waals surface area contributed by atoms with Gasteiger partial charge < -0.3 is 9.30 Å². The maximum absolute atomic E-state index is 12.7. The summed E-state index contributed by atoms with van der Waals surface area (Å²) in [6, 6.07) is 24.1. The van der Waals surface area contributed by atoms with Crippen molar-refractivity contribution in [3.63, 3.8) is 0 Å². The van der Waals surface area contributed by atoms with Crippen molar-refractivity contribution in [1.82, 2.24) is 9.55 Å². The van der Waals surface area contributed by atoms with Crippen LogP contribution >= 0.6 is 0 Å². The number of imidazole rings is 1. The van der Waals surface area contributed by atoms with Gasteiger partial charge in [0.05, 0.1) is 16.6 Å². The van der Waals surface area contributed by atoms with Crippen LogP contribution in [0, 0.1) is 6.92 Å². The monoisotopic (exact) mass is 398 g/mol. The number of nitrogens with zero attached hydrogens (tertiary/aromatic N) is 2. The summed E-state index contributed by atoms with van der Waals surface area (Å²) in [5.41, 5.74) is 5.25. The van der Waals surface area contributed by atoms with Crippen LogP contribution in [0.5, 0.6) is 0 Å². The molecule has 0 N–H and O–H groups in total. The number of carbonyl (C=O) groups excluding carboxylic acids is 1. The molecule has 1 aromatic heterocycles. The van der Waals surface area contributed by atoms with E-state index in [9.17, 15) is 4.79 Å². The third-order valence-electron chi connectivity index (χ3n) is 5.00. The smallest absolute Gasteiger partial charge is 0.339 e. The second kappa shape index (κ2) is 7.79. The topological polar surface area (TPSA) is 44.1 Å².